The Kier molecular flexibility index (Phi) is 7.18. The number of ketones is 1. The van der Waals surface area contributed by atoms with Crippen molar-refractivity contribution in [1.29, 1.82) is 0 Å². The molecule has 0 bridgehead atoms. The number of Topliss-reactive ketones (excluding diaryl/α,β-unsaturated/α-hetero) is 1. The van der Waals surface area contributed by atoms with Crippen LogP contribution in [-0.2, 0) is 6.42 Å². The van der Waals surface area contributed by atoms with Gasteiger partial charge in [-0.2, -0.15) is 0 Å². The van der Waals surface area contributed by atoms with Gasteiger partial charge in [0, 0.05) is 17.2 Å². The molecular formula is C27H32O6. The number of phenolic OH excluding ortho intramolecular Hbond substituents is 3. The van der Waals surface area contributed by atoms with Crippen LogP contribution in [-0.4, -0.2) is 31.8 Å². The highest BCUT2D eigenvalue weighted by atomic mass is 16.5. The number of para-hydroxylation sites is 1. The Morgan fingerprint density at radius 3 is 2.55 bits per heavy atom. The lowest BCUT2D eigenvalue weighted by atomic mass is 9.86. The number of hydrogen-bond acceptors (Lipinski definition) is 6. The number of carbonyl (C=O) groups excluding carboxylic acids is 1. The van der Waals surface area contributed by atoms with E-state index in [1.165, 1.54) is 12.1 Å². The number of benzene rings is 2. The molecule has 1 aliphatic rings. The lowest BCUT2D eigenvalue weighted by Gasteiger charge is -2.29. The van der Waals surface area contributed by atoms with Crippen LogP contribution in [0.1, 0.15) is 67.6 Å². The monoisotopic (exact) mass is 452 g/mol. The van der Waals surface area contributed by atoms with Gasteiger partial charge in [0.05, 0.1) is 12.0 Å². The second-order valence-corrected chi connectivity index (χ2v) is 9.41. The van der Waals surface area contributed by atoms with Crippen LogP contribution in [0.3, 0.4) is 0 Å². The largest absolute Gasteiger partial charge is 0.508 e. The second-order valence-electron chi connectivity index (χ2n) is 9.41. The molecule has 0 spiro atoms. The average molecular weight is 453 g/mol. The quantitative estimate of drug-likeness (QED) is 0.402. The molecule has 0 amide bonds. The molecule has 0 aliphatic carbocycles. The van der Waals surface area contributed by atoms with Crippen LogP contribution in [0.15, 0.2) is 54.6 Å². The maximum atomic E-state index is 13.0. The number of aliphatic hydroxyl groups is 1. The van der Waals surface area contributed by atoms with Crippen LogP contribution in [0.25, 0.3) is 0 Å². The smallest absolute Gasteiger partial charge is 0.174 e. The van der Waals surface area contributed by atoms with E-state index in [9.17, 15) is 25.2 Å². The van der Waals surface area contributed by atoms with Crippen molar-refractivity contribution >= 4 is 5.78 Å². The van der Waals surface area contributed by atoms with Crippen LogP contribution in [0, 0.1) is 5.92 Å². The maximum Gasteiger partial charge on any atom is 0.174 e. The molecule has 4 N–H and O–H groups in total. The van der Waals surface area contributed by atoms with Crippen LogP contribution in [0.4, 0.5) is 0 Å². The first-order valence-electron chi connectivity index (χ1n) is 11.1. The first-order valence-corrected chi connectivity index (χ1v) is 11.1. The maximum absolute atomic E-state index is 13.0. The summed E-state index contributed by atoms with van der Waals surface area (Å²) >= 11 is 0. The highest BCUT2D eigenvalue weighted by Crippen LogP contribution is 2.47. The lowest BCUT2D eigenvalue weighted by molar-refractivity contribution is 0.0654. The fourth-order valence-corrected chi connectivity index (χ4v) is 4.02. The summed E-state index contributed by atoms with van der Waals surface area (Å²) in [4.78, 5) is 13.0. The molecule has 6 heteroatoms. The Hall–Kier alpha value is -3.25. The van der Waals surface area contributed by atoms with Crippen molar-refractivity contribution in [2.45, 2.75) is 58.2 Å². The first-order chi connectivity index (χ1) is 15.5. The van der Waals surface area contributed by atoms with Gasteiger partial charge in [-0.15, -0.1) is 0 Å². The van der Waals surface area contributed by atoms with E-state index in [0.29, 0.717) is 30.4 Å². The highest BCUT2D eigenvalue weighted by Gasteiger charge is 2.35. The number of fused-ring (bicyclic) bond motifs is 1. The number of carbonyl (C=O) groups is 1. The van der Waals surface area contributed by atoms with Gasteiger partial charge < -0.3 is 25.2 Å². The minimum atomic E-state index is -0.853. The molecule has 2 atom stereocenters. The third-order valence-corrected chi connectivity index (χ3v) is 5.78. The summed E-state index contributed by atoms with van der Waals surface area (Å²) in [5.41, 5.74) is 0.925. The van der Waals surface area contributed by atoms with Crippen LogP contribution in [0.2, 0.25) is 0 Å². The van der Waals surface area contributed by atoms with Crippen molar-refractivity contribution in [3.05, 3.63) is 71.3 Å². The van der Waals surface area contributed by atoms with Crippen molar-refractivity contribution in [2.75, 3.05) is 0 Å². The van der Waals surface area contributed by atoms with Gasteiger partial charge in [-0.1, -0.05) is 42.5 Å². The molecule has 2 unspecified atom stereocenters. The normalized spacial score (nSPS) is 17.0. The van der Waals surface area contributed by atoms with Gasteiger partial charge in [0.1, 0.15) is 34.7 Å². The minimum Gasteiger partial charge on any atom is -0.508 e. The number of hydrogen-bond donors (Lipinski definition) is 4. The molecular weight excluding hydrogens is 420 g/mol. The predicted octanol–water partition coefficient (Wildman–Crippen LogP) is 5.35. The molecule has 2 aromatic carbocycles. The minimum absolute atomic E-state index is 0.0112. The Balaban J connectivity index is 2.02. The lowest BCUT2D eigenvalue weighted by Crippen LogP contribution is -2.23. The highest BCUT2D eigenvalue weighted by molar-refractivity contribution is 6.03. The molecule has 176 valence electrons. The van der Waals surface area contributed by atoms with E-state index in [4.69, 9.17) is 4.74 Å². The number of phenols is 3. The number of aromatic hydroxyl groups is 3. The first kappa shape index (κ1) is 24.4. The van der Waals surface area contributed by atoms with E-state index in [1.807, 2.05) is 19.1 Å². The third kappa shape index (κ3) is 5.96. The molecule has 3 rings (SSSR count). The van der Waals surface area contributed by atoms with Gasteiger partial charge in [0.2, 0.25) is 0 Å². The summed E-state index contributed by atoms with van der Waals surface area (Å²) in [7, 11) is 0. The second kappa shape index (κ2) is 9.71. The molecule has 0 fully saturated rings. The summed E-state index contributed by atoms with van der Waals surface area (Å²) < 4.78 is 6.14. The molecule has 0 aromatic heterocycles. The Morgan fingerprint density at radius 2 is 1.91 bits per heavy atom. The standard InChI is InChI=1S/C27H32O6/c1-16(2)9-10-17(11-12-27(3,4)32)13-19-21(29)14-22(30)25-23(31)15-24(33-26(19)25)18-7-5-6-8-20(18)28/h5-10,14,17,24,28-30,32H,1,11-13,15H2,2-4H3. The van der Waals surface area contributed by atoms with E-state index in [0.717, 1.165) is 5.57 Å². The Bertz CT molecular complexity index is 1080. The number of rotatable bonds is 8. The van der Waals surface area contributed by atoms with Gasteiger partial charge in [-0.25, -0.2) is 0 Å². The zero-order chi connectivity index (χ0) is 24.3. The van der Waals surface area contributed by atoms with Gasteiger partial charge in [0.25, 0.3) is 0 Å². The van der Waals surface area contributed by atoms with E-state index in [2.05, 4.69) is 6.58 Å². The van der Waals surface area contributed by atoms with Gasteiger partial charge in [-0.05, 0) is 52.0 Å². The fraction of sp³-hybridized carbons (Fsp3) is 0.370. The summed E-state index contributed by atoms with van der Waals surface area (Å²) in [6.45, 7) is 9.25. The van der Waals surface area contributed by atoms with Gasteiger partial charge in [0.15, 0.2) is 5.78 Å². The third-order valence-electron chi connectivity index (χ3n) is 5.78. The fourth-order valence-electron chi connectivity index (χ4n) is 4.02. The van der Waals surface area contributed by atoms with E-state index < -0.39 is 11.7 Å². The van der Waals surface area contributed by atoms with Crippen molar-refractivity contribution in [3.8, 4) is 23.0 Å². The molecule has 0 saturated carbocycles. The van der Waals surface area contributed by atoms with Crippen LogP contribution < -0.4 is 4.74 Å². The topological polar surface area (TPSA) is 107 Å². The van der Waals surface area contributed by atoms with Crippen molar-refractivity contribution in [1.82, 2.24) is 0 Å². The number of ether oxygens (including phenoxy) is 1. The number of allylic oxidation sites excluding steroid dienone is 3. The van der Waals surface area contributed by atoms with Crippen LogP contribution >= 0.6 is 0 Å². The molecule has 33 heavy (non-hydrogen) atoms. The predicted molar refractivity (Wildman–Crippen MR) is 127 cm³/mol. The summed E-state index contributed by atoms with van der Waals surface area (Å²) in [6, 6.07) is 7.80. The van der Waals surface area contributed by atoms with Crippen molar-refractivity contribution in [3.63, 3.8) is 0 Å². The van der Waals surface area contributed by atoms with Crippen LogP contribution in [0.5, 0.6) is 23.0 Å². The molecule has 1 aliphatic heterocycles. The molecule has 0 saturated heterocycles. The van der Waals surface area contributed by atoms with Crippen molar-refractivity contribution < 1.29 is 30.0 Å². The van der Waals surface area contributed by atoms with Gasteiger partial charge in [-0.3, -0.25) is 4.79 Å². The summed E-state index contributed by atoms with van der Waals surface area (Å²) in [5.74, 6) is -0.775. The van der Waals surface area contributed by atoms with Crippen molar-refractivity contribution in [2.24, 2.45) is 5.92 Å². The van der Waals surface area contributed by atoms with E-state index in [1.54, 1.807) is 32.0 Å². The summed E-state index contributed by atoms with van der Waals surface area (Å²) in [6.07, 6.45) is 4.55. The summed E-state index contributed by atoms with van der Waals surface area (Å²) in [5, 5.41) is 41.6. The molecule has 2 aromatic rings. The Labute approximate surface area is 194 Å². The van der Waals surface area contributed by atoms with E-state index in [-0.39, 0.29) is 46.7 Å². The Morgan fingerprint density at radius 1 is 1.21 bits per heavy atom. The van der Waals surface area contributed by atoms with Gasteiger partial charge >= 0.3 is 0 Å². The molecule has 0 radical (unpaired) electrons. The molecule has 1 heterocycles. The molecule has 6 nitrogen and oxygen atoms in total. The SMILES string of the molecule is C=C(C)C=CC(CCC(C)(C)O)Cc1c(O)cc(O)c2c1OC(c1ccccc1O)CC2=O. The van der Waals surface area contributed by atoms with E-state index >= 15 is 0 Å². The average Bonchev–Trinajstić information content (AvgIpc) is 2.71. The zero-order valence-corrected chi connectivity index (χ0v) is 19.3. The zero-order valence-electron chi connectivity index (χ0n) is 19.3.